The van der Waals surface area contributed by atoms with E-state index in [-0.39, 0.29) is 5.91 Å². The van der Waals surface area contributed by atoms with Crippen LogP contribution in [0, 0.1) is 0 Å². The van der Waals surface area contributed by atoms with Gasteiger partial charge in [0.2, 0.25) is 0 Å². The zero-order valence-electron chi connectivity index (χ0n) is 15.1. The van der Waals surface area contributed by atoms with Gasteiger partial charge in [0.05, 0.1) is 5.69 Å². The van der Waals surface area contributed by atoms with Gasteiger partial charge < -0.3 is 5.32 Å². The summed E-state index contributed by atoms with van der Waals surface area (Å²) in [6, 6.07) is 33.1. The first-order chi connectivity index (χ1) is 13.7. The molecular formula is C25H18ClNO. The minimum absolute atomic E-state index is 0.165. The van der Waals surface area contributed by atoms with E-state index in [1.165, 1.54) is 0 Å². The van der Waals surface area contributed by atoms with Crippen LogP contribution < -0.4 is 5.32 Å². The third-order valence-corrected chi connectivity index (χ3v) is 4.80. The van der Waals surface area contributed by atoms with Crippen molar-refractivity contribution in [2.24, 2.45) is 0 Å². The van der Waals surface area contributed by atoms with Crippen LogP contribution in [0.4, 0.5) is 5.69 Å². The molecule has 0 fully saturated rings. The maximum atomic E-state index is 12.7. The monoisotopic (exact) mass is 383 g/mol. The Morgan fingerprint density at radius 1 is 0.643 bits per heavy atom. The van der Waals surface area contributed by atoms with Gasteiger partial charge in [-0.25, -0.2) is 0 Å². The zero-order valence-corrected chi connectivity index (χ0v) is 15.9. The van der Waals surface area contributed by atoms with Crippen molar-refractivity contribution in [1.82, 2.24) is 0 Å². The average Bonchev–Trinajstić information content (AvgIpc) is 2.75. The summed E-state index contributed by atoms with van der Waals surface area (Å²) >= 11 is 6.24. The van der Waals surface area contributed by atoms with Crippen molar-refractivity contribution < 1.29 is 4.79 Å². The van der Waals surface area contributed by atoms with Gasteiger partial charge in [-0.1, -0.05) is 90.5 Å². The van der Waals surface area contributed by atoms with Crippen LogP contribution in [0.1, 0.15) is 10.4 Å². The van der Waals surface area contributed by atoms with Gasteiger partial charge in [0.15, 0.2) is 0 Å². The Labute approximate surface area is 169 Å². The summed E-state index contributed by atoms with van der Waals surface area (Å²) in [6.07, 6.45) is 0. The Bertz CT molecular complexity index is 1110. The van der Waals surface area contributed by atoms with Crippen molar-refractivity contribution >= 4 is 23.2 Å². The van der Waals surface area contributed by atoms with E-state index >= 15 is 0 Å². The number of carbonyl (C=O) groups excluding carboxylic acids is 1. The smallest absolute Gasteiger partial charge is 0.255 e. The maximum Gasteiger partial charge on any atom is 0.255 e. The number of benzene rings is 4. The quantitative estimate of drug-likeness (QED) is 0.407. The van der Waals surface area contributed by atoms with Crippen LogP contribution in [0.15, 0.2) is 103 Å². The molecule has 0 heterocycles. The summed E-state index contributed by atoms with van der Waals surface area (Å²) in [6.45, 7) is 0. The number of carbonyl (C=O) groups is 1. The van der Waals surface area contributed by atoms with Crippen LogP contribution in [0.3, 0.4) is 0 Å². The second-order valence-electron chi connectivity index (χ2n) is 6.42. The molecule has 28 heavy (non-hydrogen) atoms. The van der Waals surface area contributed by atoms with Crippen LogP contribution in [0.2, 0.25) is 5.02 Å². The molecule has 0 aliphatic heterocycles. The minimum atomic E-state index is -0.165. The molecule has 4 aromatic carbocycles. The first-order valence-electron chi connectivity index (χ1n) is 9.03. The Kier molecular flexibility index (Phi) is 5.22. The van der Waals surface area contributed by atoms with Gasteiger partial charge in [0.1, 0.15) is 0 Å². The van der Waals surface area contributed by atoms with Crippen molar-refractivity contribution in [2.45, 2.75) is 0 Å². The summed E-state index contributed by atoms with van der Waals surface area (Å²) < 4.78 is 0. The van der Waals surface area contributed by atoms with Crippen LogP contribution in [0.25, 0.3) is 22.3 Å². The molecule has 0 saturated heterocycles. The van der Waals surface area contributed by atoms with Crippen LogP contribution in [-0.4, -0.2) is 5.91 Å². The maximum absolute atomic E-state index is 12.7. The molecule has 0 spiro atoms. The van der Waals surface area contributed by atoms with Crippen LogP contribution in [-0.2, 0) is 0 Å². The van der Waals surface area contributed by atoms with Crippen molar-refractivity contribution in [3.8, 4) is 22.3 Å². The first kappa shape index (κ1) is 18.0. The Balaban J connectivity index is 1.79. The summed E-state index contributed by atoms with van der Waals surface area (Å²) in [4.78, 5) is 12.7. The molecule has 0 radical (unpaired) electrons. The lowest BCUT2D eigenvalue weighted by molar-refractivity contribution is 0.102. The topological polar surface area (TPSA) is 29.1 Å². The van der Waals surface area contributed by atoms with Gasteiger partial charge in [0.25, 0.3) is 5.91 Å². The van der Waals surface area contributed by atoms with E-state index in [0.29, 0.717) is 16.3 Å². The van der Waals surface area contributed by atoms with Crippen LogP contribution >= 0.6 is 11.6 Å². The van der Waals surface area contributed by atoms with E-state index in [4.69, 9.17) is 11.6 Å². The summed E-state index contributed by atoms with van der Waals surface area (Å²) in [5, 5.41) is 3.59. The highest BCUT2D eigenvalue weighted by Gasteiger charge is 2.14. The highest BCUT2D eigenvalue weighted by molar-refractivity contribution is 6.31. The number of nitrogens with one attached hydrogen (secondary N) is 1. The molecule has 0 unspecified atom stereocenters. The highest BCUT2D eigenvalue weighted by atomic mass is 35.5. The fourth-order valence-electron chi connectivity index (χ4n) is 3.23. The van der Waals surface area contributed by atoms with E-state index in [9.17, 15) is 4.79 Å². The lowest BCUT2D eigenvalue weighted by Crippen LogP contribution is -2.12. The number of hydrogen-bond acceptors (Lipinski definition) is 1. The van der Waals surface area contributed by atoms with Gasteiger partial charge in [-0.2, -0.15) is 0 Å². The SMILES string of the molecule is O=C(Nc1cc(Cl)ccc1-c1ccccc1-c1ccccc1)c1ccccc1. The molecule has 0 bridgehead atoms. The fraction of sp³-hybridized carbons (Fsp3) is 0. The van der Waals surface area contributed by atoms with E-state index in [1.54, 1.807) is 18.2 Å². The van der Waals surface area contributed by atoms with Gasteiger partial charge in [-0.05, 0) is 41.0 Å². The van der Waals surface area contributed by atoms with Gasteiger partial charge in [-0.3, -0.25) is 4.79 Å². The third-order valence-electron chi connectivity index (χ3n) is 4.57. The molecular weight excluding hydrogens is 366 g/mol. The molecule has 1 N–H and O–H groups in total. The molecule has 1 amide bonds. The normalized spacial score (nSPS) is 10.5. The summed E-state index contributed by atoms with van der Waals surface area (Å²) in [5.41, 5.74) is 5.46. The lowest BCUT2D eigenvalue weighted by Gasteiger charge is -2.15. The fourth-order valence-corrected chi connectivity index (χ4v) is 3.40. The molecule has 4 rings (SSSR count). The molecule has 0 aliphatic carbocycles. The van der Waals surface area contributed by atoms with Gasteiger partial charge in [0, 0.05) is 16.1 Å². The molecule has 136 valence electrons. The predicted octanol–water partition coefficient (Wildman–Crippen LogP) is 6.93. The lowest BCUT2D eigenvalue weighted by atomic mass is 9.93. The molecule has 0 atom stereocenters. The van der Waals surface area contributed by atoms with Crippen molar-refractivity contribution in [3.05, 3.63) is 114 Å². The largest absolute Gasteiger partial charge is 0.321 e. The molecule has 0 aromatic heterocycles. The molecule has 0 saturated carbocycles. The summed E-state index contributed by atoms with van der Waals surface area (Å²) in [7, 11) is 0. The number of rotatable bonds is 4. The number of anilines is 1. The van der Waals surface area contributed by atoms with Crippen molar-refractivity contribution in [2.75, 3.05) is 5.32 Å². The van der Waals surface area contributed by atoms with E-state index in [0.717, 1.165) is 22.3 Å². The highest BCUT2D eigenvalue weighted by Crippen LogP contribution is 2.37. The minimum Gasteiger partial charge on any atom is -0.321 e. The van der Waals surface area contributed by atoms with Crippen LogP contribution in [0.5, 0.6) is 0 Å². The molecule has 0 aliphatic rings. The molecule has 4 aromatic rings. The van der Waals surface area contributed by atoms with E-state index in [2.05, 4.69) is 29.6 Å². The molecule has 3 heteroatoms. The zero-order chi connectivity index (χ0) is 19.3. The second kappa shape index (κ2) is 8.12. The summed E-state index contributed by atoms with van der Waals surface area (Å²) in [5.74, 6) is -0.165. The average molecular weight is 384 g/mol. The number of hydrogen-bond donors (Lipinski definition) is 1. The second-order valence-corrected chi connectivity index (χ2v) is 6.86. The Morgan fingerprint density at radius 3 is 1.96 bits per heavy atom. The van der Waals surface area contributed by atoms with E-state index < -0.39 is 0 Å². The molecule has 2 nitrogen and oxygen atoms in total. The Morgan fingerprint density at radius 2 is 1.25 bits per heavy atom. The van der Waals surface area contributed by atoms with Gasteiger partial charge >= 0.3 is 0 Å². The number of amides is 1. The third kappa shape index (κ3) is 3.83. The predicted molar refractivity (Wildman–Crippen MR) is 117 cm³/mol. The van der Waals surface area contributed by atoms with E-state index in [1.807, 2.05) is 60.7 Å². The first-order valence-corrected chi connectivity index (χ1v) is 9.41. The van der Waals surface area contributed by atoms with Gasteiger partial charge in [-0.15, -0.1) is 0 Å². The Hall–Kier alpha value is -3.36. The van der Waals surface area contributed by atoms with Crippen molar-refractivity contribution in [3.63, 3.8) is 0 Å². The van der Waals surface area contributed by atoms with Crippen molar-refractivity contribution in [1.29, 1.82) is 0 Å². The standard InChI is InChI=1S/C25H18ClNO/c26-20-15-16-23(24(17-20)27-25(28)19-11-5-2-6-12-19)22-14-8-7-13-21(22)18-9-3-1-4-10-18/h1-17H,(H,27,28). The number of halogens is 1.